The highest BCUT2D eigenvalue weighted by atomic mass is 16.6. The molecule has 0 N–H and O–H groups in total. The van der Waals surface area contributed by atoms with Crippen LogP contribution in [-0.2, 0) is 14.3 Å². The van der Waals surface area contributed by atoms with E-state index in [4.69, 9.17) is 13.9 Å². The standard InChI is InChI=1S/C21H25NO6/c1-13-9-20(24)28-18-10-16(7-8-17(13)18)26-12-21(25)27-11-19(23)22-14(2)5-4-6-15(22)3/h7-10,14-15H,4-6,11-12H2,1-3H3/t14-,15+. The minimum absolute atomic E-state index is 0.155. The predicted molar refractivity (Wildman–Crippen MR) is 103 cm³/mol. The van der Waals surface area contributed by atoms with Gasteiger partial charge in [-0.1, -0.05) is 0 Å². The van der Waals surface area contributed by atoms with Crippen LogP contribution in [0.3, 0.4) is 0 Å². The third kappa shape index (κ3) is 4.52. The SMILES string of the molecule is Cc1cc(=O)oc2cc(OCC(=O)OCC(=O)N3[C@H](C)CCC[C@@H]3C)ccc12. The number of amides is 1. The number of ether oxygens (including phenoxy) is 2. The number of nitrogens with zero attached hydrogens (tertiary/aromatic N) is 1. The first-order chi connectivity index (χ1) is 13.3. The Labute approximate surface area is 163 Å². The molecule has 1 fully saturated rings. The summed E-state index contributed by atoms with van der Waals surface area (Å²) in [5.41, 5.74) is 0.747. The first kappa shape index (κ1) is 19.9. The van der Waals surface area contributed by atoms with Crippen LogP contribution in [0.5, 0.6) is 5.75 Å². The number of piperidine rings is 1. The van der Waals surface area contributed by atoms with Gasteiger partial charge in [-0.15, -0.1) is 0 Å². The molecular formula is C21H25NO6. The molecule has 2 aromatic rings. The molecule has 1 aliphatic rings. The van der Waals surface area contributed by atoms with Crippen LogP contribution >= 0.6 is 0 Å². The highest BCUT2D eigenvalue weighted by Crippen LogP contribution is 2.23. The maximum absolute atomic E-state index is 12.4. The van der Waals surface area contributed by atoms with Crippen molar-refractivity contribution in [2.24, 2.45) is 0 Å². The molecule has 7 heteroatoms. The van der Waals surface area contributed by atoms with E-state index >= 15 is 0 Å². The van der Waals surface area contributed by atoms with Crippen LogP contribution in [0.25, 0.3) is 11.0 Å². The minimum atomic E-state index is -0.628. The maximum Gasteiger partial charge on any atom is 0.344 e. The van der Waals surface area contributed by atoms with Crippen molar-refractivity contribution in [3.8, 4) is 5.75 Å². The van der Waals surface area contributed by atoms with Crippen molar-refractivity contribution in [3.63, 3.8) is 0 Å². The summed E-state index contributed by atoms with van der Waals surface area (Å²) in [6.07, 6.45) is 3.03. The lowest BCUT2D eigenvalue weighted by atomic mass is 9.97. The summed E-state index contributed by atoms with van der Waals surface area (Å²) in [5.74, 6) is -0.435. The van der Waals surface area contributed by atoms with E-state index in [0.717, 1.165) is 30.2 Å². The van der Waals surface area contributed by atoms with Crippen LogP contribution in [0.15, 0.2) is 33.5 Å². The van der Waals surface area contributed by atoms with Gasteiger partial charge in [-0.05, 0) is 57.7 Å². The second kappa shape index (κ2) is 8.46. The number of esters is 1. The van der Waals surface area contributed by atoms with Crippen molar-refractivity contribution in [1.82, 2.24) is 4.90 Å². The molecule has 0 bridgehead atoms. The Bertz CT molecular complexity index is 924. The van der Waals surface area contributed by atoms with Gasteiger partial charge in [-0.2, -0.15) is 0 Å². The molecule has 3 rings (SSSR count). The van der Waals surface area contributed by atoms with Crippen LogP contribution in [0.2, 0.25) is 0 Å². The molecule has 1 amide bonds. The normalized spacial score (nSPS) is 19.5. The summed E-state index contributed by atoms with van der Waals surface area (Å²) in [7, 11) is 0. The average Bonchev–Trinajstić information content (AvgIpc) is 2.64. The highest BCUT2D eigenvalue weighted by molar-refractivity contribution is 5.82. The predicted octanol–water partition coefficient (Wildman–Crippen LogP) is 2.81. The van der Waals surface area contributed by atoms with Crippen molar-refractivity contribution in [1.29, 1.82) is 0 Å². The summed E-state index contributed by atoms with van der Waals surface area (Å²) in [6, 6.07) is 6.73. The molecule has 2 heterocycles. The lowest BCUT2D eigenvalue weighted by Gasteiger charge is -2.38. The molecule has 1 aromatic heterocycles. The largest absolute Gasteiger partial charge is 0.482 e. The Morgan fingerprint density at radius 2 is 1.86 bits per heavy atom. The fourth-order valence-electron chi connectivity index (χ4n) is 3.71. The first-order valence-corrected chi connectivity index (χ1v) is 9.49. The zero-order valence-electron chi connectivity index (χ0n) is 16.4. The summed E-state index contributed by atoms with van der Waals surface area (Å²) < 4.78 is 15.6. The van der Waals surface area contributed by atoms with Gasteiger partial charge in [0.1, 0.15) is 11.3 Å². The molecule has 2 atom stereocenters. The lowest BCUT2D eigenvalue weighted by molar-refractivity contribution is -0.156. The smallest absolute Gasteiger partial charge is 0.344 e. The zero-order valence-corrected chi connectivity index (χ0v) is 16.4. The fourth-order valence-corrected chi connectivity index (χ4v) is 3.71. The van der Waals surface area contributed by atoms with E-state index in [-0.39, 0.29) is 31.2 Å². The van der Waals surface area contributed by atoms with Crippen molar-refractivity contribution in [3.05, 3.63) is 40.2 Å². The molecule has 1 aliphatic heterocycles. The van der Waals surface area contributed by atoms with Crippen LogP contribution in [0, 0.1) is 6.92 Å². The third-order valence-electron chi connectivity index (χ3n) is 5.12. The zero-order chi connectivity index (χ0) is 20.3. The molecule has 0 unspecified atom stereocenters. The quantitative estimate of drug-likeness (QED) is 0.579. The second-order valence-electron chi connectivity index (χ2n) is 7.29. The Hall–Kier alpha value is -2.83. The van der Waals surface area contributed by atoms with E-state index in [1.165, 1.54) is 6.07 Å². The van der Waals surface area contributed by atoms with Crippen molar-refractivity contribution in [2.75, 3.05) is 13.2 Å². The number of fused-ring (bicyclic) bond motifs is 1. The number of benzene rings is 1. The molecule has 28 heavy (non-hydrogen) atoms. The van der Waals surface area contributed by atoms with Crippen LogP contribution in [0.4, 0.5) is 0 Å². The molecule has 1 saturated heterocycles. The van der Waals surface area contributed by atoms with Crippen LogP contribution < -0.4 is 10.4 Å². The van der Waals surface area contributed by atoms with Crippen LogP contribution in [0.1, 0.15) is 38.7 Å². The van der Waals surface area contributed by atoms with E-state index in [1.54, 1.807) is 23.1 Å². The molecule has 0 saturated carbocycles. The van der Waals surface area contributed by atoms with Gasteiger partial charge in [-0.25, -0.2) is 9.59 Å². The first-order valence-electron chi connectivity index (χ1n) is 9.49. The summed E-state index contributed by atoms with van der Waals surface area (Å²) in [4.78, 5) is 37.6. The summed E-state index contributed by atoms with van der Waals surface area (Å²) >= 11 is 0. The molecule has 7 nitrogen and oxygen atoms in total. The van der Waals surface area contributed by atoms with Crippen LogP contribution in [-0.4, -0.2) is 42.1 Å². The number of hydrogen-bond donors (Lipinski definition) is 0. The number of carbonyl (C=O) groups is 2. The Morgan fingerprint density at radius 1 is 1.14 bits per heavy atom. The fraction of sp³-hybridized carbons (Fsp3) is 0.476. The van der Waals surface area contributed by atoms with E-state index in [2.05, 4.69) is 0 Å². The van der Waals surface area contributed by atoms with Gasteiger partial charge in [0.05, 0.1) is 0 Å². The molecule has 150 valence electrons. The van der Waals surface area contributed by atoms with Gasteiger partial charge in [0.15, 0.2) is 13.2 Å². The topological polar surface area (TPSA) is 86.0 Å². The van der Waals surface area contributed by atoms with E-state index in [9.17, 15) is 14.4 Å². The van der Waals surface area contributed by atoms with Gasteiger partial charge < -0.3 is 18.8 Å². The number of likely N-dealkylation sites (tertiary alicyclic amines) is 1. The van der Waals surface area contributed by atoms with Crippen molar-refractivity contribution < 1.29 is 23.5 Å². The summed E-state index contributed by atoms with van der Waals surface area (Å²) in [5, 5.41) is 0.796. The monoisotopic (exact) mass is 387 g/mol. The van der Waals surface area contributed by atoms with Gasteiger partial charge in [-0.3, -0.25) is 4.79 Å². The average molecular weight is 387 g/mol. The molecule has 0 spiro atoms. The van der Waals surface area contributed by atoms with E-state index < -0.39 is 11.6 Å². The minimum Gasteiger partial charge on any atom is -0.482 e. The second-order valence-corrected chi connectivity index (χ2v) is 7.29. The maximum atomic E-state index is 12.4. The van der Waals surface area contributed by atoms with E-state index in [1.807, 2.05) is 20.8 Å². The molecular weight excluding hydrogens is 362 g/mol. The van der Waals surface area contributed by atoms with Gasteiger partial charge in [0.2, 0.25) is 0 Å². The van der Waals surface area contributed by atoms with Crippen molar-refractivity contribution >= 4 is 22.8 Å². The molecule has 1 aromatic carbocycles. The number of aryl methyl sites for hydroxylation is 1. The Kier molecular flexibility index (Phi) is 6.02. The number of carbonyl (C=O) groups excluding carboxylic acids is 2. The third-order valence-corrected chi connectivity index (χ3v) is 5.12. The molecule has 0 aliphatic carbocycles. The number of hydrogen-bond acceptors (Lipinski definition) is 6. The molecule has 0 radical (unpaired) electrons. The van der Waals surface area contributed by atoms with Gasteiger partial charge in [0, 0.05) is 29.6 Å². The Morgan fingerprint density at radius 3 is 2.57 bits per heavy atom. The van der Waals surface area contributed by atoms with Gasteiger partial charge in [0.25, 0.3) is 5.91 Å². The van der Waals surface area contributed by atoms with E-state index in [0.29, 0.717) is 11.3 Å². The van der Waals surface area contributed by atoms with Crippen molar-refractivity contribution in [2.45, 2.75) is 52.1 Å². The lowest BCUT2D eigenvalue weighted by Crippen LogP contribution is -2.49. The highest BCUT2D eigenvalue weighted by Gasteiger charge is 2.29. The summed E-state index contributed by atoms with van der Waals surface area (Å²) in [6.45, 7) is 5.22. The number of rotatable bonds is 5. The van der Waals surface area contributed by atoms with Gasteiger partial charge >= 0.3 is 11.6 Å². The Balaban J connectivity index is 1.53.